The summed E-state index contributed by atoms with van der Waals surface area (Å²) in [6.45, 7) is 1.62. The van der Waals surface area contributed by atoms with E-state index in [9.17, 15) is 4.79 Å². The van der Waals surface area contributed by atoms with Crippen LogP contribution in [0.5, 0.6) is 0 Å². The van der Waals surface area contributed by atoms with E-state index in [1.807, 2.05) is 65.6 Å². The van der Waals surface area contributed by atoms with Crippen molar-refractivity contribution in [3.8, 4) is 0 Å². The minimum Gasteiger partial charge on any atom is -0.397 e. The van der Waals surface area contributed by atoms with Gasteiger partial charge in [-0.05, 0) is 24.0 Å². The fourth-order valence-electron chi connectivity index (χ4n) is 3.34. The van der Waals surface area contributed by atoms with Crippen LogP contribution < -0.4 is 17.0 Å². The maximum absolute atomic E-state index is 12.5. The summed E-state index contributed by atoms with van der Waals surface area (Å²) in [4.78, 5) is 14.3. The first kappa shape index (κ1) is 19.9. The molecule has 0 radical (unpaired) electrons. The molecule has 2 aromatic carbocycles. The molecule has 1 saturated heterocycles. The number of benzene rings is 2. The molecule has 3 rings (SSSR count). The molecule has 28 heavy (non-hydrogen) atoms. The number of carbonyl (C=O) groups is 1. The SMILES string of the molecule is NN/C(COC1CCN(C(=O)CCc2ccccc2)C1)=C(\N)c1ccccc1. The highest BCUT2D eigenvalue weighted by atomic mass is 16.5. The Morgan fingerprint density at radius 3 is 2.46 bits per heavy atom. The van der Waals surface area contributed by atoms with Crippen molar-refractivity contribution < 1.29 is 9.53 Å². The van der Waals surface area contributed by atoms with Crippen LogP contribution in [0.4, 0.5) is 0 Å². The van der Waals surface area contributed by atoms with Crippen molar-refractivity contribution in [2.75, 3.05) is 19.7 Å². The maximum Gasteiger partial charge on any atom is 0.222 e. The molecule has 148 valence electrons. The first-order valence-electron chi connectivity index (χ1n) is 9.61. The zero-order valence-electron chi connectivity index (χ0n) is 16.0. The predicted octanol–water partition coefficient (Wildman–Crippen LogP) is 2.03. The average Bonchev–Trinajstić information content (AvgIpc) is 3.23. The van der Waals surface area contributed by atoms with Crippen LogP contribution in [0.2, 0.25) is 0 Å². The summed E-state index contributed by atoms with van der Waals surface area (Å²) in [7, 11) is 0. The van der Waals surface area contributed by atoms with Gasteiger partial charge < -0.3 is 20.8 Å². The number of hydrogen-bond donors (Lipinski definition) is 3. The van der Waals surface area contributed by atoms with E-state index in [0.717, 1.165) is 24.9 Å². The van der Waals surface area contributed by atoms with Crippen LogP contribution in [0.25, 0.3) is 5.70 Å². The van der Waals surface area contributed by atoms with Crippen molar-refractivity contribution in [1.29, 1.82) is 0 Å². The standard InChI is InChI=1S/C22H28N4O2/c23-22(18-9-5-2-6-10-18)20(25-24)16-28-19-13-14-26(15-19)21(27)12-11-17-7-3-1-4-8-17/h1-10,19,25H,11-16,23-24H2/b22-20-. The van der Waals surface area contributed by atoms with Gasteiger partial charge in [-0.1, -0.05) is 60.7 Å². The van der Waals surface area contributed by atoms with Crippen molar-refractivity contribution in [2.24, 2.45) is 11.6 Å². The van der Waals surface area contributed by atoms with Gasteiger partial charge in [0.15, 0.2) is 0 Å². The average molecular weight is 380 g/mol. The number of aryl methyl sites for hydroxylation is 1. The number of nitrogens with zero attached hydrogens (tertiary/aromatic N) is 1. The molecule has 1 amide bonds. The summed E-state index contributed by atoms with van der Waals surface area (Å²) < 4.78 is 5.97. The van der Waals surface area contributed by atoms with Gasteiger partial charge >= 0.3 is 0 Å². The summed E-state index contributed by atoms with van der Waals surface area (Å²) in [6.07, 6.45) is 2.10. The fourth-order valence-corrected chi connectivity index (χ4v) is 3.34. The third-order valence-electron chi connectivity index (χ3n) is 5.02. The van der Waals surface area contributed by atoms with E-state index >= 15 is 0 Å². The fraction of sp³-hybridized carbons (Fsp3) is 0.318. The first-order valence-corrected chi connectivity index (χ1v) is 9.61. The monoisotopic (exact) mass is 380 g/mol. The molecule has 0 aliphatic carbocycles. The summed E-state index contributed by atoms with van der Waals surface area (Å²) in [5.41, 5.74) is 12.1. The number of ether oxygens (including phenoxy) is 1. The second-order valence-corrected chi connectivity index (χ2v) is 6.95. The van der Waals surface area contributed by atoms with Gasteiger partial charge in [0.05, 0.1) is 24.1 Å². The highest BCUT2D eigenvalue weighted by molar-refractivity contribution is 5.76. The number of nitrogens with two attached hydrogens (primary N) is 2. The lowest BCUT2D eigenvalue weighted by Gasteiger charge is -2.18. The number of likely N-dealkylation sites (tertiary alicyclic amines) is 1. The van der Waals surface area contributed by atoms with Gasteiger partial charge in [0.25, 0.3) is 0 Å². The predicted molar refractivity (Wildman–Crippen MR) is 111 cm³/mol. The van der Waals surface area contributed by atoms with E-state index in [-0.39, 0.29) is 18.6 Å². The normalized spacial score (nSPS) is 17.3. The molecule has 1 unspecified atom stereocenters. The van der Waals surface area contributed by atoms with Gasteiger partial charge in [0, 0.05) is 19.5 Å². The van der Waals surface area contributed by atoms with Crippen LogP contribution in [-0.2, 0) is 16.0 Å². The second kappa shape index (κ2) is 9.92. The lowest BCUT2D eigenvalue weighted by atomic mass is 10.1. The molecule has 0 aromatic heterocycles. The van der Waals surface area contributed by atoms with Crippen LogP contribution in [0.1, 0.15) is 24.0 Å². The first-order chi connectivity index (χ1) is 13.7. The van der Waals surface area contributed by atoms with Gasteiger partial charge in [-0.25, -0.2) is 0 Å². The molecule has 1 aliphatic heterocycles. The lowest BCUT2D eigenvalue weighted by Crippen LogP contribution is -2.32. The molecule has 1 heterocycles. The van der Waals surface area contributed by atoms with Crippen LogP contribution in [0.3, 0.4) is 0 Å². The quantitative estimate of drug-likeness (QED) is 0.481. The molecule has 5 N–H and O–H groups in total. The number of rotatable bonds is 8. The number of carbonyl (C=O) groups excluding carboxylic acids is 1. The van der Waals surface area contributed by atoms with Gasteiger partial charge in [-0.3, -0.25) is 10.6 Å². The smallest absolute Gasteiger partial charge is 0.222 e. The van der Waals surface area contributed by atoms with E-state index in [2.05, 4.69) is 5.43 Å². The van der Waals surface area contributed by atoms with Crippen molar-refractivity contribution in [3.05, 3.63) is 77.5 Å². The Labute approximate surface area is 166 Å². The van der Waals surface area contributed by atoms with Crippen LogP contribution in [-0.4, -0.2) is 36.6 Å². The highest BCUT2D eigenvalue weighted by Crippen LogP contribution is 2.17. The van der Waals surface area contributed by atoms with Crippen LogP contribution in [0, 0.1) is 0 Å². The van der Waals surface area contributed by atoms with Gasteiger partial charge in [0.2, 0.25) is 5.91 Å². The van der Waals surface area contributed by atoms with E-state index < -0.39 is 0 Å². The molecule has 0 spiro atoms. The van der Waals surface area contributed by atoms with Crippen molar-refractivity contribution in [2.45, 2.75) is 25.4 Å². The molecule has 6 nitrogen and oxygen atoms in total. The Balaban J connectivity index is 1.48. The summed E-state index contributed by atoms with van der Waals surface area (Å²) in [5, 5.41) is 0. The minimum atomic E-state index is -0.00685. The van der Waals surface area contributed by atoms with Gasteiger partial charge in [-0.2, -0.15) is 0 Å². The maximum atomic E-state index is 12.5. The van der Waals surface area contributed by atoms with Gasteiger partial charge in [0.1, 0.15) is 0 Å². The van der Waals surface area contributed by atoms with E-state index in [4.69, 9.17) is 16.3 Å². The Hall–Kier alpha value is -2.83. The molecule has 1 fully saturated rings. The van der Waals surface area contributed by atoms with Crippen LogP contribution in [0.15, 0.2) is 66.4 Å². The van der Waals surface area contributed by atoms with Crippen molar-refractivity contribution in [1.82, 2.24) is 10.3 Å². The number of nitrogens with one attached hydrogen (secondary N) is 1. The Kier molecular flexibility index (Phi) is 7.06. The largest absolute Gasteiger partial charge is 0.397 e. The minimum absolute atomic E-state index is 0.00685. The Morgan fingerprint density at radius 2 is 1.79 bits per heavy atom. The molecule has 1 aliphatic rings. The Bertz CT molecular complexity index is 793. The van der Waals surface area contributed by atoms with Crippen LogP contribution >= 0.6 is 0 Å². The topological polar surface area (TPSA) is 93.6 Å². The number of amides is 1. The van der Waals surface area contributed by atoms with E-state index in [0.29, 0.717) is 24.4 Å². The summed E-state index contributed by atoms with van der Waals surface area (Å²) in [6, 6.07) is 19.7. The lowest BCUT2D eigenvalue weighted by molar-refractivity contribution is -0.130. The highest BCUT2D eigenvalue weighted by Gasteiger charge is 2.26. The molecular weight excluding hydrogens is 352 g/mol. The third-order valence-corrected chi connectivity index (χ3v) is 5.02. The van der Waals surface area contributed by atoms with E-state index in [1.165, 1.54) is 5.56 Å². The number of hydrazine groups is 1. The second-order valence-electron chi connectivity index (χ2n) is 6.95. The third kappa shape index (κ3) is 5.34. The zero-order chi connectivity index (χ0) is 19.8. The zero-order valence-corrected chi connectivity index (χ0v) is 16.0. The molecule has 1 atom stereocenters. The van der Waals surface area contributed by atoms with Crippen molar-refractivity contribution in [3.63, 3.8) is 0 Å². The molecule has 0 saturated carbocycles. The molecule has 0 bridgehead atoms. The van der Waals surface area contributed by atoms with Gasteiger partial charge in [-0.15, -0.1) is 0 Å². The van der Waals surface area contributed by atoms with E-state index in [1.54, 1.807) is 0 Å². The molecular formula is C22H28N4O2. The molecule has 2 aromatic rings. The molecule has 6 heteroatoms. The van der Waals surface area contributed by atoms with Crippen molar-refractivity contribution >= 4 is 11.6 Å². The Morgan fingerprint density at radius 1 is 1.11 bits per heavy atom. The summed E-state index contributed by atoms with van der Waals surface area (Å²) in [5.74, 6) is 5.81. The number of hydrogen-bond acceptors (Lipinski definition) is 5. The summed E-state index contributed by atoms with van der Waals surface area (Å²) >= 11 is 0.